The van der Waals surface area contributed by atoms with E-state index in [9.17, 15) is 0 Å². The zero-order valence-electron chi connectivity index (χ0n) is 22.1. The molecular weight excluding hydrogens is 496 g/mol. The molecule has 9 heteroatoms. The van der Waals surface area contributed by atoms with E-state index in [2.05, 4.69) is 47.9 Å². The summed E-state index contributed by atoms with van der Waals surface area (Å²) >= 11 is 1.86. The average molecular weight is 531 g/mol. The summed E-state index contributed by atoms with van der Waals surface area (Å²) in [5, 5.41) is 4.88. The Hall–Kier alpha value is -2.85. The molecule has 0 spiro atoms. The molecule has 0 amide bonds. The van der Waals surface area contributed by atoms with Gasteiger partial charge in [0.15, 0.2) is 5.82 Å². The van der Waals surface area contributed by atoms with Crippen LogP contribution >= 0.6 is 11.3 Å². The number of fused-ring (bicyclic) bond motifs is 2. The Bertz CT molecular complexity index is 1460. The Labute approximate surface area is 227 Å². The van der Waals surface area contributed by atoms with Gasteiger partial charge in [0.2, 0.25) is 0 Å². The molecule has 0 N–H and O–H groups in total. The number of thiophene rings is 1. The number of anilines is 1. The molecule has 3 aliphatic rings. The third kappa shape index (κ3) is 4.51. The fourth-order valence-corrected chi connectivity index (χ4v) is 7.33. The van der Waals surface area contributed by atoms with Crippen molar-refractivity contribution in [1.82, 2.24) is 24.6 Å². The largest absolute Gasteiger partial charge is 0.381 e. The first kappa shape index (κ1) is 24.2. The highest BCUT2D eigenvalue weighted by Gasteiger charge is 2.34. The molecule has 198 valence electrons. The maximum atomic E-state index is 5.77. The van der Waals surface area contributed by atoms with E-state index in [1.165, 1.54) is 27.1 Å². The topological polar surface area (TPSA) is 68.5 Å². The van der Waals surface area contributed by atoms with E-state index in [4.69, 9.17) is 24.5 Å². The number of likely N-dealkylation sites (tertiary alicyclic amines) is 1. The minimum absolute atomic E-state index is 0.620. The fraction of sp³-hybridized carbons (Fsp3) is 0.483. The molecule has 6 heterocycles. The SMILES string of the molecule is Cc1cccc(-c2ccn(-c3nc(N4CCOCC4)c4sc(CN5CCC6COCC6C5)c(C)c4n3)n2)c1. The quantitative estimate of drug-likeness (QED) is 0.377. The summed E-state index contributed by atoms with van der Waals surface area (Å²) in [6.07, 6.45) is 3.21. The molecule has 0 aliphatic carbocycles. The average Bonchev–Trinajstić information content (AvgIpc) is 3.68. The molecular formula is C29H34N6O2S. The van der Waals surface area contributed by atoms with E-state index in [0.29, 0.717) is 11.9 Å². The lowest BCUT2D eigenvalue weighted by Crippen LogP contribution is -2.39. The highest BCUT2D eigenvalue weighted by atomic mass is 32.1. The second kappa shape index (κ2) is 10.0. The number of ether oxygens (including phenoxy) is 2. The van der Waals surface area contributed by atoms with Crippen molar-refractivity contribution in [2.45, 2.75) is 26.8 Å². The molecule has 0 bridgehead atoms. The summed E-state index contributed by atoms with van der Waals surface area (Å²) in [6.45, 7) is 12.5. The van der Waals surface area contributed by atoms with Gasteiger partial charge in [0.05, 0.1) is 35.7 Å². The summed E-state index contributed by atoms with van der Waals surface area (Å²) in [5.74, 6) is 3.04. The van der Waals surface area contributed by atoms with Crippen molar-refractivity contribution in [2.75, 3.05) is 57.5 Å². The van der Waals surface area contributed by atoms with Gasteiger partial charge in [0.25, 0.3) is 5.95 Å². The van der Waals surface area contributed by atoms with Crippen LogP contribution in [0, 0.1) is 25.7 Å². The molecule has 3 aromatic heterocycles. The molecule has 3 saturated heterocycles. The Morgan fingerprint density at radius 1 is 1.00 bits per heavy atom. The molecule has 38 heavy (non-hydrogen) atoms. The standard InChI is InChI=1S/C29H34N6O2S/c1-19-4-3-5-21(14-19)24-7-9-35(32-24)29-30-26-20(2)25(16-33-8-6-22-17-37-18-23(22)15-33)38-27(26)28(31-29)34-10-12-36-13-11-34/h3-5,7,9,14,22-23H,6,8,10-13,15-18H2,1-2H3. The predicted octanol–water partition coefficient (Wildman–Crippen LogP) is 4.47. The van der Waals surface area contributed by atoms with Gasteiger partial charge in [-0.2, -0.15) is 10.1 Å². The van der Waals surface area contributed by atoms with Crippen molar-refractivity contribution in [2.24, 2.45) is 11.8 Å². The van der Waals surface area contributed by atoms with Crippen molar-refractivity contribution in [3.63, 3.8) is 0 Å². The molecule has 1 aromatic carbocycles. The highest BCUT2D eigenvalue weighted by Crippen LogP contribution is 2.38. The van der Waals surface area contributed by atoms with Gasteiger partial charge >= 0.3 is 0 Å². The minimum Gasteiger partial charge on any atom is -0.381 e. The zero-order chi connectivity index (χ0) is 25.6. The van der Waals surface area contributed by atoms with Gasteiger partial charge in [-0.25, -0.2) is 9.67 Å². The van der Waals surface area contributed by atoms with E-state index in [0.717, 1.165) is 87.7 Å². The van der Waals surface area contributed by atoms with Crippen LogP contribution in [0.15, 0.2) is 36.5 Å². The van der Waals surface area contributed by atoms with E-state index in [1.54, 1.807) is 0 Å². The van der Waals surface area contributed by atoms with Crippen molar-refractivity contribution in [3.8, 4) is 17.2 Å². The third-order valence-corrected chi connectivity index (χ3v) is 9.52. The second-order valence-corrected chi connectivity index (χ2v) is 12.0. The van der Waals surface area contributed by atoms with Gasteiger partial charge in [-0.3, -0.25) is 4.90 Å². The first-order chi connectivity index (χ1) is 18.6. The first-order valence-electron chi connectivity index (χ1n) is 13.7. The van der Waals surface area contributed by atoms with Crippen LogP contribution in [0.1, 0.15) is 22.4 Å². The Balaban J connectivity index is 1.26. The number of aryl methyl sites for hydroxylation is 2. The Morgan fingerprint density at radius 2 is 1.87 bits per heavy atom. The lowest BCUT2D eigenvalue weighted by molar-refractivity contribution is 0.122. The maximum absolute atomic E-state index is 5.77. The summed E-state index contributed by atoms with van der Waals surface area (Å²) in [6, 6.07) is 10.5. The van der Waals surface area contributed by atoms with Gasteiger partial charge in [0, 0.05) is 55.3 Å². The molecule has 0 radical (unpaired) electrons. The third-order valence-electron chi connectivity index (χ3n) is 8.26. The van der Waals surface area contributed by atoms with Gasteiger partial charge in [-0.15, -0.1) is 11.3 Å². The molecule has 2 unspecified atom stereocenters. The Morgan fingerprint density at radius 3 is 2.74 bits per heavy atom. The molecule has 7 rings (SSSR count). The van der Waals surface area contributed by atoms with Gasteiger partial charge in [-0.05, 0) is 50.4 Å². The zero-order valence-corrected chi connectivity index (χ0v) is 22.9. The van der Waals surface area contributed by atoms with Crippen LogP contribution in [0.25, 0.3) is 27.4 Å². The smallest absolute Gasteiger partial charge is 0.253 e. The van der Waals surface area contributed by atoms with Crippen LogP contribution < -0.4 is 4.90 Å². The second-order valence-electron chi connectivity index (χ2n) is 10.9. The first-order valence-corrected chi connectivity index (χ1v) is 14.5. The number of piperidine rings is 1. The summed E-state index contributed by atoms with van der Waals surface area (Å²) in [5.41, 5.74) is 5.55. The normalized spacial score (nSPS) is 22.3. The lowest BCUT2D eigenvalue weighted by atomic mass is 9.89. The number of nitrogens with zero attached hydrogens (tertiary/aromatic N) is 6. The van der Waals surface area contributed by atoms with Crippen LogP contribution in [0.5, 0.6) is 0 Å². The van der Waals surface area contributed by atoms with E-state index in [-0.39, 0.29) is 0 Å². The molecule has 0 saturated carbocycles. The molecule has 3 aliphatic heterocycles. The molecule has 8 nitrogen and oxygen atoms in total. The van der Waals surface area contributed by atoms with Crippen molar-refractivity contribution >= 4 is 27.4 Å². The van der Waals surface area contributed by atoms with Crippen molar-refractivity contribution in [3.05, 3.63) is 52.5 Å². The van der Waals surface area contributed by atoms with E-state index < -0.39 is 0 Å². The van der Waals surface area contributed by atoms with Crippen LogP contribution in [0.2, 0.25) is 0 Å². The summed E-state index contributed by atoms with van der Waals surface area (Å²) in [7, 11) is 0. The van der Waals surface area contributed by atoms with E-state index in [1.807, 2.05) is 28.3 Å². The maximum Gasteiger partial charge on any atom is 0.253 e. The number of benzene rings is 1. The number of morpholine rings is 1. The van der Waals surface area contributed by atoms with Crippen molar-refractivity contribution in [1.29, 1.82) is 0 Å². The predicted molar refractivity (Wildman–Crippen MR) is 150 cm³/mol. The lowest BCUT2D eigenvalue weighted by Gasteiger charge is -2.33. The highest BCUT2D eigenvalue weighted by molar-refractivity contribution is 7.19. The monoisotopic (exact) mass is 530 g/mol. The number of aromatic nitrogens is 4. The molecule has 3 fully saturated rings. The Kier molecular flexibility index (Phi) is 6.39. The van der Waals surface area contributed by atoms with Crippen molar-refractivity contribution < 1.29 is 9.47 Å². The van der Waals surface area contributed by atoms with Crippen LogP contribution in [-0.4, -0.2) is 77.3 Å². The number of hydrogen-bond donors (Lipinski definition) is 0. The van der Waals surface area contributed by atoms with Crippen LogP contribution in [0.3, 0.4) is 0 Å². The summed E-state index contributed by atoms with van der Waals surface area (Å²) in [4.78, 5) is 16.5. The van der Waals surface area contributed by atoms with E-state index >= 15 is 0 Å². The minimum atomic E-state index is 0.620. The van der Waals surface area contributed by atoms with Gasteiger partial charge < -0.3 is 14.4 Å². The molecule has 2 atom stereocenters. The number of hydrogen-bond acceptors (Lipinski definition) is 8. The summed E-state index contributed by atoms with van der Waals surface area (Å²) < 4.78 is 14.4. The fourth-order valence-electron chi connectivity index (χ4n) is 6.03. The molecule has 4 aromatic rings. The number of rotatable bonds is 5. The van der Waals surface area contributed by atoms with Gasteiger partial charge in [0.1, 0.15) is 0 Å². The van der Waals surface area contributed by atoms with Crippen LogP contribution in [-0.2, 0) is 16.0 Å². The van der Waals surface area contributed by atoms with Crippen LogP contribution in [0.4, 0.5) is 5.82 Å². The van der Waals surface area contributed by atoms with Gasteiger partial charge in [-0.1, -0.05) is 23.8 Å².